The van der Waals surface area contributed by atoms with E-state index in [4.69, 9.17) is 0 Å². The first-order valence-corrected chi connectivity index (χ1v) is 10.3. The summed E-state index contributed by atoms with van der Waals surface area (Å²) in [6, 6.07) is 4.00. The minimum absolute atomic E-state index is 0.221. The second kappa shape index (κ2) is 7.66. The largest absolute Gasteiger partial charge is 0.338 e. The van der Waals surface area contributed by atoms with E-state index in [9.17, 15) is 4.79 Å². The fourth-order valence-electron chi connectivity index (χ4n) is 5.01. The summed E-state index contributed by atoms with van der Waals surface area (Å²) in [6.07, 6.45) is 7.74. The Bertz CT molecular complexity index is 846. The molecule has 0 aliphatic carbocycles. The SMILES string of the molecule is Cc1nn(C)c(C)c1CN1CCC[C@]2(CCC(=O)N(Cc3cccnc3)C2)C1. The number of hydrogen-bond donors (Lipinski definition) is 0. The van der Waals surface area contributed by atoms with Crippen LogP contribution in [0.3, 0.4) is 0 Å². The van der Waals surface area contributed by atoms with Crippen molar-refractivity contribution in [2.75, 3.05) is 19.6 Å². The summed E-state index contributed by atoms with van der Waals surface area (Å²) in [6.45, 7) is 8.96. The first-order valence-electron chi connectivity index (χ1n) is 10.3. The van der Waals surface area contributed by atoms with Gasteiger partial charge in [0.2, 0.25) is 5.91 Å². The van der Waals surface area contributed by atoms with E-state index >= 15 is 0 Å². The zero-order chi connectivity index (χ0) is 19.7. The summed E-state index contributed by atoms with van der Waals surface area (Å²) in [5, 5.41) is 4.58. The summed E-state index contributed by atoms with van der Waals surface area (Å²) in [5.74, 6) is 0.283. The number of aryl methyl sites for hydroxylation is 2. The summed E-state index contributed by atoms with van der Waals surface area (Å²) in [5.41, 5.74) is 5.09. The monoisotopic (exact) mass is 381 g/mol. The molecule has 0 aromatic carbocycles. The molecule has 2 fully saturated rings. The molecular formula is C22H31N5O. The Labute approximate surface area is 167 Å². The van der Waals surface area contributed by atoms with Gasteiger partial charge in [-0.2, -0.15) is 5.10 Å². The Morgan fingerprint density at radius 3 is 2.75 bits per heavy atom. The van der Waals surface area contributed by atoms with Crippen LogP contribution in [-0.4, -0.2) is 50.1 Å². The second-order valence-electron chi connectivity index (χ2n) is 8.70. The quantitative estimate of drug-likeness (QED) is 0.817. The number of aromatic nitrogens is 3. The molecule has 4 heterocycles. The van der Waals surface area contributed by atoms with Gasteiger partial charge >= 0.3 is 0 Å². The fourth-order valence-corrected chi connectivity index (χ4v) is 5.01. The first-order chi connectivity index (χ1) is 13.5. The molecule has 0 N–H and O–H groups in total. The van der Waals surface area contributed by atoms with Crippen molar-refractivity contribution >= 4 is 5.91 Å². The molecule has 2 aliphatic heterocycles. The van der Waals surface area contributed by atoms with Gasteiger partial charge < -0.3 is 4.90 Å². The average Bonchev–Trinajstić information content (AvgIpc) is 2.92. The highest BCUT2D eigenvalue weighted by Crippen LogP contribution is 2.39. The van der Waals surface area contributed by atoms with Crippen LogP contribution in [0.5, 0.6) is 0 Å². The van der Waals surface area contributed by atoms with Crippen molar-refractivity contribution in [1.82, 2.24) is 24.6 Å². The number of rotatable bonds is 4. The number of piperidine rings is 2. The van der Waals surface area contributed by atoms with Crippen LogP contribution in [0.2, 0.25) is 0 Å². The Morgan fingerprint density at radius 1 is 1.18 bits per heavy atom. The molecule has 0 radical (unpaired) electrons. The molecule has 1 atom stereocenters. The fraction of sp³-hybridized carbons (Fsp3) is 0.591. The van der Waals surface area contributed by atoms with Gasteiger partial charge in [-0.05, 0) is 51.3 Å². The molecule has 0 saturated carbocycles. The van der Waals surface area contributed by atoms with Gasteiger partial charge in [0, 0.05) is 68.7 Å². The van der Waals surface area contributed by atoms with Crippen molar-refractivity contribution < 1.29 is 4.79 Å². The highest BCUT2D eigenvalue weighted by Gasteiger charge is 2.41. The van der Waals surface area contributed by atoms with Crippen LogP contribution in [0, 0.1) is 19.3 Å². The van der Waals surface area contributed by atoms with Gasteiger partial charge in [0.15, 0.2) is 0 Å². The van der Waals surface area contributed by atoms with Crippen LogP contribution < -0.4 is 0 Å². The Morgan fingerprint density at radius 2 is 2.04 bits per heavy atom. The third kappa shape index (κ3) is 3.83. The van der Waals surface area contributed by atoms with Gasteiger partial charge in [0.1, 0.15) is 0 Å². The Kier molecular flexibility index (Phi) is 5.23. The predicted molar refractivity (Wildman–Crippen MR) is 109 cm³/mol. The van der Waals surface area contributed by atoms with Gasteiger partial charge in [-0.1, -0.05) is 6.07 Å². The minimum Gasteiger partial charge on any atom is -0.338 e. The summed E-state index contributed by atoms with van der Waals surface area (Å²) >= 11 is 0. The molecule has 0 unspecified atom stereocenters. The van der Waals surface area contributed by atoms with Crippen molar-refractivity contribution in [2.45, 2.75) is 52.6 Å². The number of amides is 1. The number of pyridine rings is 1. The van der Waals surface area contributed by atoms with Crippen LogP contribution >= 0.6 is 0 Å². The number of carbonyl (C=O) groups excluding carboxylic acids is 1. The maximum absolute atomic E-state index is 12.6. The standard InChI is InChI=1S/C22H31N5O/c1-17-20(18(2)25(3)24-17)14-26-11-5-8-22(15-26)9-7-21(28)27(16-22)13-19-6-4-10-23-12-19/h4,6,10,12H,5,7-9,11,13-16H2,1-3H3/t22-/m0/s1. The second-order valence-corrected chi connectivity index (χ2v) is 8.70. The van der Waals surface area contributed by atoms with E-state index in [1.54, 1.807) is 6.20 Å². The molecular weight excluding hydrogens is 350 g/mol. The molecule has 2 aromatic rings. The van der Waals surface area contributed by atoms with E-state index in [0.717, 1.165) is 43.9 Å². The third-order valence-corrected chi connectivity index (χ3v) is 6.63. The Hall–Kier alpha value is -2.21. The van der Waals surface area contributed by atoms with E-state index in [-0.39, 0.29) is 11.3 Å². The Balaban J connectivity index is 1.47. The van der Waals surface area contributed by atoms with Crippen molar-refractivity contribution in [1.29, 1.82) is 0 Å². The van der Waals surface area contributed by atoms with E-state index in [1.165, 1.54) is 24.1 Å². The highest BCUT2D eigenvalue weighted by atomic mass is 16.2. The molecule has 2 aromatic heterocycles. The number of carbonyl (C=O) groups is 1. The molecule has 6 heteroatoms. The van der Waals surface area contributed by atoms with Crippen LogP contribution in [0.4, 0.5) is 0 Å². The van der Waals surface area contributed by atoms with Gasteiger partial charge in [-0.15, -0.1) is 0 Å². The van der Waals surface area contributed by atoms with Gasteiger partial charge in [0.25, 0.3) is 0 Å². The first kappa shape index (κ1) is 19.1. The van der Waals surface area contributed by atoms with Crippen LogP contribution in [0.1, 0.15) is 48.2 Å². The van der Waals surface area contributed by atoms with E-state index in [1.807, 2.05) is 24.0 Å². The van der Waals surface area contributed by atoms with Gasteiger partial charge in [-0.25, -0.2) is 0 Å². The lowest BCUT2D eigenvalue weighted by Crippen LogP contribution is -2.53. The van der Waals surface area contributed by atoms with Crippen LogP contribution in [0.25, 0.3) is 0 Å². The van der Waals surface area contributed by atoms with Crippen LogP contribution in [0.15, 0.2) is 24.5 Å². The van der Waals surface area contributed by atoms with Crippen molar-refractivity contribution in [3.05, 3.63) is 47.0 Å². The zero-order valence-electron chi connectivity index (χ0n) is 17.3. The van der Waals surface area contributed by atoms with E-state index in [0.29, 0.717) is 13.0 Å². The molecule has 1 amide bonds. The molecule has 4 rings (SSSR count). The molecule has 0 bridgehead atoms. The van der Waals surface area contributed by atoms with Crippen molar-refractivity contribution in [2.24, 2.45) is 12.5 Å². The third-order valence-electron chi connectivity index (χ3n) is 6.63. The molecule has 150 valence electrons. The normalized spacial score (nSPS) is 23.5. The number of nitrogens with zero attached hydrogens (tertiary/aromatic N) is 5. The lowest BCUT2D eigenvalue weighted by molar-refractivity contribution is -0.140. The van der Waals surface area contributed by atoms with Crippen molar-refractivity contribution in [3.63, 3.8) is 0 Å². The highest BCUT2D eigenvalue weighted by molar-refractivity contribution is 5.77. The topological polar surface area (TPSA) is 54.3 Å². The van der Waals surface area contributed by atoms with Crippen LogP contribution in [-0.2, 0) is 24.9 Å². The maximum Gasteiger partial charge on any atom is 0.222 e. The molecule has 1 spiro atoms. The lowest BCUT2D eigenvalue weighted by Gasteiger charge is -2.48. The minimum atomic E-state index is 0.221. The summed E-state index contributed by atoms with van der Waals surface area (Å²) in [4.78, 5) is 21.4. The molecule has 6 nitrogen and oxygen atoms in total. The summed E-state index contributed by atoms with van der Waals surface area (Å²) < 4.78 is 1.99. The van der Waals surface area contributed by atoms with E-state index in [2.05, 4.69) is 39.8 Å². The maximum atomic E-state index is 12.6. The smallest absolute Gasteiger partial charge is 0.222 e. The van der Waals surface area contributed by atoms with E-state index < -0.39 is 0 Å². The molecule has 28 heavy (non-hydrogen) atoms. The number of likely N-dealkylation sites (tertiary alicyclic amines) is 2. The number of hydrogen-bond acceptors (Lipinski definition) is 4. The predicted octanol–water partition coefficient (Wildman–Crippen LogP) is 2.84. The average molecular weight is 382 g/mol. The van der Waals surface area contributed by atoms with Gasteiger partial charge in [0.05, 0.1) is 5.69 Å². The van der Waals surface area contributed by atoms with Gasteiger partial charge in [-0.3, -0.25) is 19.4 Å². The lowest BCUT2D eigenvalue weighted by atomic mass is 9.73. The zero-order valence-corrected chi connectivity index (χ0v) is 17.3. The molecule has 2 aliphatic rings. The summed E-state index contributed by atoms with van der Waals surface area (Å²) in [7, 11) is 2.02. The van der Waals surface area contributed by atoms with Crippen molar-refractivity contribution in [3.8, 4) is 0 Å². The molecule has 2 saturated heterocycles.